The Morgan fingerprint density at radius 1 is 1.30 bits per heavy atom. The largest absolute Gasteiger partial charge is 0.494 e. The lowest BCUT2D eigenvalue weighted by Crippen LogP contribution is -2.39. The Morgan fingerprint density at radius 3 is 2.52 bits per heavy atom. The van der Waals surface area contributed by atoms with Gasteiger partial charge in [0, 0.05) is 13.0 Å². The van der Waals surface area contributed by atoms with E-state index in [2.05, 4.69) is 0 Å². The molecule has 0 aromatic heterocycles. The number of unbranched alkanes of at least 4 members (excludes halogenated alkanes) is 1. The maximum Gasteiger partial charge on any atom is 0.406 e. The second-order valence-corrected chi connectivity index (χ2v) is 5.25. The van der Waals surface area contributed by atoms with Crippen LogP contribution >= 0.6 is 0 Å². The summed E-state index contributed by atoms with van der Waals surface area (Å²) in [7, 11) is 1.34. The molecule has 0 aliphatic heterocycles. The molecule has 0 unspecified atom stereocenters. The van der Waals surface area contributed by atoms with Gasteiger partial charge in [-0.25, -0.2) is 4.39 Å². The molecule has 0 bridgehead atoms. The second-order valence-electron chi connectivity index (χ2n) is 5.25. The summed E-state index contributed by atoms with van der Waals surface area (Å²) in [6.45, 7) is 0.672. The van der Waals surface area contributed by atoms with E-state index in [1.165, 1.54) is 19.2 Å². The third-order valence-corrected chi connectivity index (χ3v) is 3.35. The van der Waals surface area contributed by atoms with Crippen LogP contribution in [0, 0.1) is 5.82 Å². The van der Waals surface area contributed by atoms with E-state index in [1.807, 2.05) is 6.92 Å². The fourth-order valence-corrected chi connectivity index (χ4v) is 2.13. The number of methoxy groups -OCH3 is 1. The number of hydrogen-bond donors (Lipinski definition) is 0. The molecule has 1 aromatic rings. The van der Waals surface area contributed by atoms with Gasteiger partial charge in [-0.2, -0.15) is 13.2 Å². The number of halogens is 4. The van der Waals surface area contributed by atoms with Crippen molar-refractivity contribution < 1.29 is 27.1 Å². The average molecular weight is 335 g/mol. The van der Waals surface area contributed by atoms with Crippen molar-refractivity contribution in [3.63, 3.8) is 0 Å². The maximum absolute atomic E-state index is 13.6. The van der Waals surface area contributed by atoms with E-state index < -0.39 is 24.4 Å². The minimum atomic E-state index is -4.42. The summed E-state index contributed by atoms with van der Waals surface area (Å²) < 4.78 is 55.9. The normalized spacial score (nSPS) is 11.4. The van der Waals surface area contributed by atoms with Crippen LogP contribution in [-0.4, -0.2) is 37.2 Å². The third kappa shape index (κ3) is 6.88. The molecule has 1 amide bonds. The van der Waals surface area contributed by atoms with Gasteiger partial charge in [0.2, 0.25) is 5.91 Å². The van der Waals surface area contributed by atoms with E-state index in [9.17, 15) is 22.4 Å². The molecule has 1 rings (SSSR count). The fourth-order valence-electron chi connectivity index (χ4n) is 2.13. The van der Waals surface area contributed by atoms with Crippen LogP contribution in [0.3, 0.4) is 0 Å². The highest BCUT2D eigenvalue weighted by Gasteiger charge is 2.32. The van der Waals surface area contributed by atoms with Gasteiger partial charge in [0.25, 0.3) is 0 Å². The van der Waals surface area contributed by atoms with Crippen molar-refractivity contribution in [2.45, 2.75) is 38.8 Å². The smallest absolute Gasteiger partial charge is 0.406 e. The Morgan fingerprint density at radius 2 is 2.00 bits per heavy atom. The number of amides is 1. The predicted molar refractivity (Wildman–Crippen MR) is 78.8 cm³/mol. The Balaban J connectivity index is 2.65. The van der Waals surface area contributed by atoms with E-state index >= 15 is 0 Å². The summed E-state index contributed by atoms with van der Waals surface area (Å²) in [4.78, 5) is 12.8. The molecule has 0 N–H and O–H groups in total. The van der Waals surface area contributed by atoms with Crippen LogP contribution in [0.15, 0.2) is 18.2 Å². The molecule has 0 spiro atoms. The zero-order chi connectivity index (χ0) is 17.5. The summed E-state index contributed by atoms with van der Waals surface area (Å²) in [6, 6.07) is 4.25. The standard InChI is InChI=1S/C16H21F4NO2/c1-3-4-9-21(11-16(18,19)20)15(22)8-6-12-5-7-14(23-2)13(17)10-12/h5,7,10H,3-4,6,8-9,11H2,1-2H3. The van der Waals surface area contributed by atoms with Crippen molar-refractivity contribution in [1.82, 2.24) is 4.90 Å². The topological polar surface area (TPSA) is 29.5 Å². The molecule has 0 aliphatic rings. The Bertz CT molecular complexity index is 517. The Hall–Kier alpha value is -1.79. The van der Waals surface area contributed by atoms with Crippen LogP contribution in [0.1, 0.15) is 31.7 Å². The first-order valence-electron chi connectivity index (χ1n) is 7.43. The lowest BCUT2D eigenvalue weighted by Gasteiger charge is -2.24. The van der Waals surface area contributed by atoms with Crippen LogP contribution in [0.5, 0.6) is 5.75 Å². The molecule has 23 heavy (non-hydrogen) atoms. The SMILES string of the molecule is CCCCN(CC(F)(F)F)C(=O)CCc1ccc(OC)c(F)c1. The van der Waals surface area contributed by atoms with Crippen LogP contribution in [0.25, 0.3) is 0 Å². The average Bonchev–Trinajstić information content (AvgIpc) is 2.48. The monoisotopic (exact) mass is 335 g/mol. The Kier molecular flexibility index (Phi) is 7.32. The van der Waals surface area contributed by atoms with E-state index in [1.54, 1.807) is 6.07 Å². The Labute approximate surface area is 133 Å². The van der Waals surface area contributed by atoms with Gasteiger partial charge in [0.05, 0.1) is 7.11 Å². The fraction of sp³-hybridized carbons (Fsp3) is 0.562. The van der Waals surface area contributed by atoms with Crippen molar-refractivity contribution in [2.75, 3.05) is 20.2 Å². The van der Waals surface area contributed by atoms with Gasteiger partial charge in [-0.1, -0.05) is 19.4 Å². The first-order chi connectivity index (χ1) is 10.8. The number of carbonyl (C=O) groups is 1. The highest BCUT2D eigenvalue weighted by molar-refractivity contribution is 5.76. The molecule has 1 aromatic carbocycles. The molecule has 0 atom stereocenters. The maximum atomic E-state index is 13.6. The van der Waals surface area contributed by atoms with E-state index in [4.69, 9.17) is 4.74 Å². The minimum Gasteiger partial charge on any atom is -0.494 e. The van der Waals surface area contributed by atoms with Crippen molar-refractivity contribution in [3.8, 4) is 5.75 Å². The first-order valence-corrected chi connectivity index (χ1v) is 7.43. The molecule has 130 valence electrons. The number of rotatable bonds is 8. The summed E-state index contributed by atoms with van der Waals surface area (Å²) in [6.07, 6.45) is -3.12. The van der Waals surface area contributed by atoms with Crippen molar-refractivity contribution in [1.29, 1.82) is 0 Å². The minimum absolute atomic E-state index is 0.0752. The van der Waals surface area contributed by atoms with Gasteiger partial charge in [-0.3, -0.25) is 4.79 Å². The number of alkyl halides is 3. The van der Waals surface area contributed by atoms with Gasteiger partial charge < -0.3 is 9.64 Å². The lowest BCUT2D eigenvalue weighted by atomic mass is 10.1. The van der Waals surface area contributed by atoms with Gasteiger partial charge >= 0.3 is 6.18 Å². The number of carbonyl (C=O) groups excluding carboxylic acids is 1. The third-order valence-electron chi connectivity index (χ3n) is 3.35. The molecular weight excluding hydrogens is 314 g/mol. The van der Waals surface area contributed by atoms with Gasteiger partial charge in [-0.15, -0.1) is 0 Å². The molecule has 3 nitrogen and oxygen atoms in total. The van der Waals surface area contributed by atoms with Crippen molar-refractivity contribution in [3.05, 3.63) is 29.6 Å². The predicted octanol–water partition coefficient (Wildman–Crippen LogP) is 3.96. The van der Waals surface area contributed by atoms with Crippen LogP contribution in [0.2, 0.25) is 0 Å². The molecule has 7 heteroatoms. The number of aryl methyl sites for hydroxylation is 1. The molecule has 0 aliphatic carbocycles. The van der Waals surface area contributed by atoms with Gasteiger partial charge in [-0.05, 0) is 30.5 Å². The van der Waals surface area contributed by atoms with Crippen molar-refractivity contribution in [2.24, 2.45) is 0 Å². The van der Waals surface area contributed by atoms with E-state index in [0.717, 1.165) is 4.90 Å². The number of benzene rings is 1. The van der Waals surface area contributed by atoms with E-state index in [0.29, 0.717) is 18.4 Å². The highest BCUT2D eigenvalue weighted by Crippen LogP contribution is 2.20. The quantitative estimate of drug-likeness (QED) is 0.673. The lowest BCUT2D eigenvalue weighted by molar-refractivity contribution is -0.161. The molecule has 0 saturated carbocycles. The zero-order valence-corrected chi connectivity index (χ0v) is 13.3. The molecule has 0 heterocycles. The second kappa shape index (κ2) is 8.74. The highest BCUT2D eigenvalue weighted by atomic mass is 19.4. The summed E-state index contributed by atoms with van der Waals surface area (Å²) >= 11 is 0. The summed E-state index contributed by atoms with van der Waals surface area (Å²) in [5.74, 6) is -1.05. The zero-order valence-electron chi connectivity index (χ0n) is 13.3. The van der Waals surface area contributed by atoms with E-state index in [-0.39, 0.29) is 25.1 Å². The molecule has 0 fully saturated rings. The number of hydrogen-bond acceptors (Lipinski definition) is 2. The molecular formula is C16H21F4NO2. The number of ether oxygens (including phenoxy) is 1. The van der Waals surface area contributed by atoms with Crippen molar-refractivity contribution >= 4 is 5.91 Å². The summed E-state index contributed by atoms with van der Waals surface area (Å²) in [5, 5.41) is 0. The van der Waals surface area contributed by atoms with Crippen LogP contribution < -0.4 is 4.74 Å². The van der Waals surface area contributed by atoms with Gasteiger partial charge in [0.15, 0.2) is 11.6 Å². The van der Waals surface area contributed by atoms with Crippen LogP contribution in [0.4, 0.5) is 17.6 Å². The van der Waals surface area contributed by atoms with Gasteiger partial charge in [0.1, 0.15) is 6.54 Å². The first kappa shape index (κ1) is 19.3. The molecule has 0 saturated heterocycles. The van der Waals surface area contributed by atoms with Crippen LogP contribution in [-0.2, 0) is 11.2 Å². The molecule has 0 radical (unpaired) electrons. The summed E-state index contributed by atoms with van der Waals surface area (Å²) in [5.41, 5.74) is 0.541. The number of nitrogens with zero attached hydrogens (tertiary/aromatic N) is 1.